The molecule has 2 aliphatic rings. The average molecular weight is 384 g/mol. The number of esters is 1. The maximum Gasteiger partial charge on any atom is 0.340 e. The van der Waals surface area contributed by atoms with Crippen LogP contribution in [0.5, 0.6) is 17.2 Å². The molecule has 146 valence electrons. The zero-order chi connectivity index (χ0) is 20.0. The number of methoxy groups -OCH3 is 1. The molecule has 4 rings (SSSR count). The number of carbonyl (C=O) groups is 1. The Bertz CT molecular complexity index is 1070. The summed E-state index contributed by atoms with van der Waals surface area (Å²) in [5, 5.41) is 0. The van der Waals surface area contributed by atoms with Crippen LogP contribution in [0.2, 0.25) is 0 Å². The lowest BCUT2D eigenvalue weighted by atomic mass is 9.83. The highest BCUT2D eigenvalue weighted by atomic mass is 16.7. The van der Waals surface area contributed by atoms with Gasteiger partial charge in [0.25, 0.3) is 5.56 Å². The van der Waals surface area contributed by atoms with Crippen LogP contribution < -0.4 is 25.5 Å². The smallest absolute Gasteiger partial charge is 0.340 e. The number of aromatic nitrogens is 1. The van der Waals surface area contributed by atoms with Gasteiger partial charge in [-0.1, -0.05) is 6.07 Å². The summed E-state index contributed by atoms with van der Waals surface area (Å²) in [4.78, 5) is 25.8. The molecule has 1 aromatic heterocycles. The first-order valence-corrected chi connectivity index (χ1v) is 8.86. The predicted octanol–water partition coefficient (Wildman–Crippen LogP) is 1.77. The van der Waals surface area contributed by atoms with Crippen molar-refractivity contribution in [3.05, 3.63) is 62.9 Å². The van der Waals surface area contributed by atoms with Crippen LogP contribution in [0.15, 0.2) is 40.5 Å². The third-order valence-corrected chi connectivity index (χ3v) is 5.02. The number of fused-ring (bicyclic) bond motifs is 2. The lowest BCUT2D eigenvalue weighted by molar-refractivity contribution is -0.136. The average Bonchev–Trinajstić information content (AvgIpc) is 3.14. The molecule has 0 amide bonds. The standard InChI is InChI=1S/C20H20N2O6/c1-4-22-10(2)7-14-16(19(22)23)15(17(18(21)28-14)20(24)25-3)11-5-6-12-13(8-11)27-9-26-12/h5-8,15H,4,9,21H2,1-3H3/t15-/m1/s1. The van der Waals surface area contributed by atoms with Crippen LogP contribution in [-0.4, -0.2) is 24.4 Å². The Morgan fingerprint density at radius 1 is 1.25 bits per heavy atom. The highest BCUT2D eigenvalue weighted by molar-refractivity contribution is 5.92. The highest BCUT2D eigenvalue weighted by Gasteiger charge is 2.38. The van der Waals surface area contributed by atoms with Gasteiger partial charge in [0.1, 0.15) is 11.3 Å². The first-order chi connectivity index (χ1) is 13.5. The fraction of sp³-hybridized carbons (Fsp3) is 0.300. The number of rotatable bonds is 3. The molecule has 28 heavy (non-hydrogen) atoms. The molecule has 0 saturated heterocycles. The first-order valence-electron chi connectivity index (χ1n) is 8.86. The number of benzene rings is 1. The molecule has 8 heteroatoms. The van der Waals surface area contributed by atoms with Crippen LogP contribution in [0.3, 0.4) is 0 Å². The van der Waals surface area contributed by atoms with Crippen molar-refractivity contribution in [2.45, 2.75) is 26.3 Å². The van der Waals surface area contributed by atoms with Gasteiger partial charge in [0.05, 0.1) is 18.6 Å². The van der Waals surface area contributed by atoms with Crippen LogP contribution in [0.1, 0.15) is 29.7 Å². The Morgan fingerprint density at radius 3 is 2.71 bits per heavy atom. The van der Waals surface area contributed by atoms with Gasteiger partial charge in [-0.15, -0.1) is 0 Å². The molecule has 1 aromatic carbocycles. The van der Waals surface area contributed by atoms with Crippen molar-refractivity contribution in [3.63, 3.8) is 0 Å². The number of nitrogens with two attached hydrogens (primary N) is 1. The van der Waals surface area contributed by atoms with Crippen molar-refractivity contribution in [1.29, 1.82) is 0 Å². The topological polar surface area (TPSA) is 102 Å². The fourth-order valence-electron chi connectivity index (χ4n) is 3.71. The van der Waals surface area contributed by atoms with E-state index < -0.39 is 11.9 Å². The van der Waals surface area contributed by atoms with E-state index in [4.69, 9.17) is 24.7 Å². The van der Waals surface area contributed by atoms with E-state index in [9.17, 15) is 9.59 Å². The monoisotopic (exact) mass is 384 g/mol. The zero-order valence-electron chi connectivity index (χ0n) is 15.8. The van der Waals surface area contributed by atoms with E-state index in [2.05, 4.69) is 0 Å². The van der Waals surface area contributed by atoms with Gasteiger partial charge < -0.3 is 29.2 Å². The van der Waals surface area contributed by atoms with E-state index in [-0.39, 0.29) is 23.8 Å². The van der Waals surface area contributed by atoms with Crippen molar-refractivity contribution in [2.24, 2.45) is 5.73 Å². The zero-order valence-corrected chi connectivity index (χ0v) is 15.8. The normalized spacial score (nSPS) is 17.2. The van der Waals surface area contributed by atoms with Crippen LogP contribution in [0.4, 0.5) is 0 Å². The summed E-state index contributed by atoms with van der Waals surface area (Å²) >= 11 is 0. The van der Waals surface area contributed by atoms with Crippen molar-refractivity contribution < 1.29 is 23.7 Å². The summed E-state index contributed by atoms with van der Waals surface area (Å²) in [6, 6.07) is 7.01. The molecule has 2 N–H and O–H groups in total. The highest BCUT2D eigenvalue weighted by Crippen LogP contribution is 2.44. The maximum atomic E-state index is 13.3. The third-order valence-electron chi connectivity index (χ3n) is 5.02. The van der Waals surface area contributed by atoms with Gasteiger partial charge >= 0.3 is 5.97 Å². The third kappa shape index (κ3) is 2.60. The van der Waals surface area contributed by atoms with Gasteiger partial charge in [0.2, 0.25) is 12.7 Å². The summed E-state index contributed by atoms with van der Waals surface area (Å²) in [5.74, 6) is -0.0285. The van der Waals surface area contributed by atoms with Gasteiger partial charge in [-0.2, -0.15) is 0 Å². The van der Waals surface area contributed by atoms with Crippen molar-refractivity contribution in [3.8, 4) is 17.2 Å². The quantitative estimate of drug-likeness (QED) is 0.805. The van der Waals surface area contributed by atoms with Crippen molar-refractivity contribution in [2.75, 3.05) is 13.9 Å². The van der Waals surface area contributed by atoms with Crippen molar-refractivity contribution >= 4 is 5.97 Å². The number of carbonyl (C=O) groups excluding carboxylic acids is 1. The number of nitrogens with zero attached hydrogens (tertiary/aromatic N) is 1. The SMILES string of the molecule is CCn1c(C)cc2c(c1=O)[C@@H](c1ccc3c(c1)OCO3)C(C(=O)OC)=C(N)O2. The molecular weight excluding hydrogens is 364 g/mol. The number of ether oxygens (including phenoxy) is 4. The molecular formula is C20H20N2O6. The lowest BCUT2D eigenvalue weighted by Crippen LogP contribution is -2.34. The van der Waals surface area contributed by atoms with Gasteiger partial charge in [0.15, 0.2) is 11.5 Å². The molecule has 0 saturated carbocycles. The molecule has 1 atom stereocenters. The van der Waals surface area contributed by atoms with E-state index in [1.807, 2.05) is 13.8 Å². The number of pyridine rings is 1. The van der Waals surface area contributed by atoms with Crippen LogP contribution in [0, 0.1) is 6.92 Å². The van der Waals surface area contributed by atoms with E-state index in [1.165, 1.54) is 7.11 Å². The number of aryl methyl sites for hydroxylation is 1. The van der Waals surface area contributed by atoms with Gasteiger partial charge in [-0.05, 0) is 31.5 Å². The Hall–Kier alpha value is -3.42. The summed E-state index contributed by atoms with van der Waals surface area (Å²) in [5.41, 5.74) is 7.64. The van der Waals surface area contributed by atoms with Gasteiger partial charge in [0, 0.05) is 18.3 Å². The Kier molecular flexibility index (Phi) is 4.26. The summed E-state index contributed by atoms with van der Waals surface area (Å²) < 4.78 is 23.0. The molecule has 0 radical (unpaired) electrons. The number of hydrogen-bond acceptors (Lipinski definition) is 7. The molecule has 0 fully saturated rings. The summed E-state index contributed by atoms with van der Waals surface area (Å²) in [6.07, 6.45) is 0. The second-order valence-corrected chi connectivity index (χ2v) is 6.53. The Labute approximate surface area is 161 Å². The summed E-state index contributed by atoms with van der Waals surface area (Å²) in [7, 11) is 1.26. The van der Waals surface area contributed by atoms with Gasteiger partial charge in [-0.3, -0.25) is 4.79 Å². The molecule has 0 spiro atoms. The van der Waals surface area contributed by atoms with Crippen LogP contribution >= 0.6 is 0 Å². The van der Waals surface area contributed by atoms with E-state index in [0.29, 0.717) is 34.9 Å². The van der Waals surface area contributed by atoms with Crippen LogP contribution in [0.25, 0.3) is 0 Å². The van der Waals surface area contributed by atoms with E-state index in [1.54, 1.807) is 28.8 Å². The minimum Gasteiger partial charge on any atom is -0.465 e. The fourth-order valence-corrected chi connectivity index (χ4v) is 3.71. The van der Waals surface area contributed by atoms with E-state index in [0.717, 1.165) is 5.69 Å². The van der Waals surface area contributed by atoms with Gasteiger partial charge in [-0.25, -0.2) is 4.79 Å². The molecule has 2 aliphatic heterocycles. The second-order valence-electron chi connectivity index (χ2n) is 6.53. The summed E-state index contributed by atoms with van der Waals surface area (Å²) in [6.45, 7) is 4.30. The predicted molar refractivity (Wildman–Crippen MR) is 99.4 cm³/mol. The minimum absolute atomic E-state index is 0.0810. The lowest BCUT2D eigenvalue weighted by Gasteiger charge is -2.28. The molecule has 2 aromatic rings. The molecule has 0 aliphatic carbocycles. The Balaban J connectivity index is 2.00. The molecule has 8 nitrogen and oxygen atoms in total. The number of hydrogen-bond donors (Lipinski definition) is 1. The first kappa shape index (κ1) is 18.0. The minimum atomic E-state index is -0.753. The maximum absolute atomic E-state index is 13.3. The molecule has 0 bridgehead atoms. The second kappa shape index (κ2) is 6.63. The van der Waals surface area contributed by atoms with Crippen LogP contribution in [-0.2, 0) is 16.1 Å². The molecule has 0 unspecified atom stereocenters. The largest absolute Gasteiger partial charge is 0.465 e. The van der Waals surface area contributed by atoms with Crippen molar-refractivity contribution in [1.82, 2.24) is 4.57 Å². The van der Waals surface area contributed by atoms with E-state index >= 15 is 0 Å². The Morgan fingerprint density at radius 2 is 2.00 bits per heavy atom. The molecule has 3 heterocycles.